The molecule has 5 rings (SSSR count). The van der Waals surface area contributed by atoms with Crippen LogP contribution >= 0.6 is 0 Å². The molecule has 0 saturated carbocycles. The Hall–Kier alpha value is -3.29. The number of hydrogen-bond donors (Lipinski definition) is 3. The van der Waals surface area contributed by atoms with Crippen molar-refractivity contribution in [2.75, 3.05) is 18.5 Å². The van der Waals surface area contributed by atoms with Crippen LogP contribution in [0.25, 0.3) is 21.5 Å². The molecule has 5 aromatic rings. The molecule has 0 aromatic heterocycles. The van der Waals surface area contributed by atoms with Gasteiger partial charge in [0, 0.05) is 23.1 Å². The second-order valence-electron chi connectivity index (χ2n) is 10.0. The van der Waals surface area contributed by atoms with Gasteiger partial charge in [0.2, 0.25) is 5.91 Å². The molecular formula is C31H25N3Na2O11S2. The summed E-state index contributed by atoms with van der Waals surface area (Å²) in [5, 5.41) is 32.9. The van der Waals surface area contributed by atoms with Gasteiger partial charge in [0.25, 0.3) is 0 Å². The maximum atomic E-state index is 11.8. The van der Waals surface area contributed by atoms with Gasteiger partial charge in [0.1, 0.15) is 51.9 Å². The quantitative estimate of drug-likeness (QED) is 0.0525. The minimum Gasteiger partial charge on any atom is -0.744 e. The van der Waals surface area contributed by atoms with Crippen LogP contribution in [0, 0.1) is 6.92 Å². The van der Waals surface area contributed by atoms with E-state index in [-0.39, 0.29) is 100 Å². The average molecular weight is 726 g/mol. The molecule has 0 fully saturated rings. The molecule has 0 aliphatic carbocycles. The molecule has 0 heterocycles. The van der Waals surface area contributed by atoms with Crippen molar-refractivity contribution in [2.45, 2.75) is 18.7 Å². The van der Waals surface area contributed by atoms with E-state index in [1.807, 2.05) is 24.3 Å². The number of benzene rings is 5. The van der Waals surface area contributed by atoms with Gasteiger partial charge in [-0.2, -0.15) is 5.11 Å². The van der Waals surface area contributed by atoms with Gasteiger partial charge < -0.3 is 38.3 Å². The van der Waals surface area contributed by atoms with E-state index in [0.717, 1.165) is 30.5 Å². The van der Waals surface area contributed by atoms with Crippen molar-refractivity contribution in [3.05, 3.63) is 78.4 Å². The fraction of sp³-hybridized carbons (Fsp3) is 0.129. The van der Waals surface area contributed by atoms with E-state index in [1.54, 1.807) is 25.1 Å². The Morgan fingerprint density at radius 2 is 1.55 bits per heavy atom. The molecule has 1 atom stereocenters. The minimum atomic E-state index is -5.01. The summed E-state index contributed by atoms with van der Waals surface area (Å²) in [6, 6.07) is 18.1. The van der Waals surface area contributed by atoms with Crippen LogP contribution in [-0.2, 0) is 26.3 Å². The number of rotatable bonds is 11. The van der Waals surface area contributed by atoms with Gasteiger partial charge >= 0.3 is 59.1 Å². The molecule has 14 nitrogen and oxygen atoms in total. The topological polar surface area (TPSA) is 219 Å². The normalized spacial score (nSPS) is 11.8. The zero-order valence-electron chi connectivity index (χ0n) is 26.6. The number of hydrogen-bond acceptors (Lipinski definition) is 13. The maximum absolute atomic E-state index is 11.8. The summed E-state index contributed by atoms with van der Waals surface area (Å²) in [4.78, 5) is 11.0. The number of phenolic OH excluding ortho intramolecular Hbond substituents is 2. The van der Waals surface area contributed by atoms with E-state index in [0.29, 0.717) is 22.4 Å². The van der Waals surface area contributed by atoms with Crippen LogP contribution < -0.4 is 78.1 Å². The Morgan fingerprint density at radius 1 is 0.898 bits per heavy atom. The third-order valence-electron chi connectivity index (χ3n) is 6.76. The first kappa shape index (κ1) is 40.1. The fourth-order valence-corrected chi connectivity index (χ4v) is 5.54. The third-order valence-corrected chi connectivity index (χ3v) is 7.89. The Morgan fingerprint density at radius 3 is 2.18 bits per heavy atom. The van der Waals surface area contributed by atoms with Crippen molar-refractivity contribution in [3.63, 3.8) is 0 Å². The Bertz CT molecular complexity index is 2180. The molecule has 0 spiro atoms. The summed E-state index contributed by atoms with van der Waals surface area (Å²) < 4.78 is 74.2. The van der Waals surface area contributed by atoms with E-state index in [4.69, 9.17) is 13.7 Å². The third kappa shape index (κ3) is 9.70. The number of nitrogens with one attached hydrogen (secondary N) is 1. The van der Waals surface area contributed by atoms with Gasteiger partial charge in [-0.25, -0.2) is 12.6 Å². The Kier molecular flexibility index (Phi) is 14.0. The number of amides is 1. The van der Waals surface area contributed by atoms with Crippen molar-refractivity contribution in [1.29, 1.82) is 0 Å². The molecule has 0 radical (unpaired) electrons. The van der Waals surface area contributed by atoms with Crippen LogP contribution in [0.1, 0.15) is 12.5 Å². The van der Waals surface area contributed by atoms with Crippen molar-refractivity contribution >= 4 is 66.0 Å². The summed E-state index contributed by atoms with van der Waals surface area (Å²) in [5.74, 6) is -0.602. The molecule has 3 N–H and O–H groups in total. The molecule has 1 unspecified atom stereocenters. The number of aromatic hydroxyl groups is 2. The fourth-order valence-electron chi connectivity index (χ4n) is 4.73. The summed E-state index contributed by atoms with van der Waals surface area (Å²) in [6.07, 6.45) is 0. The minimum absolute atomic E-state index is 0. The first-order valence-electron chi connectivity index (χ1n) is 13.7. The second kappa shape index (κ2) is 17.1. The monoisotopic (exact) mass is 725 g/mol. The van der Waals surface area contributed by atoms with Crippen LogP contribution in [0.2, 0.25) is 0 Å². The molecule has 1 amide bonds. The van der Waals surface area contributed by atoms with E-state index in [2.05, 4.69) is 15.5 Å². The van der Waals surface area contributed by atoms with Crippen LogP contribution in [0.4, 0.5) is 17.1 Å². The number of aryl methyl sites for hydroxylation is 1. The van der Waals surface area contributed by atoms with Crippen molar-refractivity contribution < 1.29 is 110 Å². The molecule has 244 valence electrons. The maximum Gasteiger partial charge on any atom is 1.00 e. The standard InChI is InChI=1S/C31H27N3O11S2.2Na/c1-17-13-26(23-5-3-4-6-24(23)30(17)36)44-12-11-43-21-9-7-20(8-10-21)33-34-29-27(45-46(38)39)15-19-14-22(47(40,41)42)16-25(32-18(2)35)28(19)31(29)37;;/h3-10,13-16,36-37H,11-12H2,1-2H3,(H,32,35)(H,38,39)(H,40,41,42);;/q;2*+1/p-2. The summed E-state index contributed by atoms with van der Waals surface area (Å²) >= 11 is -3.14. The number of phenols is 2. The van der Waals surface area contributed by atoms with Gasteiger partial charge in [-0.3, -0.25) is 4.79 Å². The van der Waals surface area contributed by atoms with Crippen LogP contribution in [0.15, 0.2) is 87.9 Å². The first-order valence-corrected chi connectivity index (χ1v) is 16.1. The predicted molar refractivity (Wildman–Crippen MR) is 169 cm³/mol. The molecule has 0 aliphatic rings. The average Bonchev–Trinajstić information content (AvgIpc) is 3.00. The number of ether oxygens (including phenoxy) is 2. The van der Waals surface area contributed by atoms with E-state index < -0.39 is 49.5 Å². The molecule has 49 heavy (non-hydrogen) atoms. The van der Waals surface area contributed by atoms with E-state index in [9.17, 15) is 36.7 Å². The predicted octanol–water partition coefficient (Wildman–Crippen LogP) is -0.371. The first-order chi connectivity index (χ1) is 22.3. The SMILES string of the molecule is CC(=O)Nc1cc(S(=O)(=O)[O-])cc2cc(OS(=O)[O-])c(N=Nc3ccc(OCCOc4cc(C)c(O)c5ccccc45)cc3)c(O)c12.[Na+].[Na+]. The van der Waals surface area contributed by atoms with Crippen molar-refractivity contribution in [3.8, 4) is 28.7 Å². The number of azo groups is 1. The zero-order chi connectivity index (χ0) is 33.9. The van der Waals surface area contributed by atoms with Gasteiger partial charge in [-0.15, -0.1) is 5.11 Å². The Balaban J connectivity index is 0.00000325. The number of fused-ring (bicyclic) bond motifs is 2. The van der Waals surface area contributed by atoms with Gasteiger partial charge in [0.15, 0.2) is 17.2 Å². The molecular weight excluding hydrogens is 700 g/mol. The van der Waals surface area contributed by atoms with Gasteiger partial charge in [0.05, 0.1) is 16.3 Å². The summed E-state index contributed by atoms with van der Waals surface area (Å²) in [7, 11) is -5.01. The zero-order valence-corrected chi connectivity index (χ0v) is 32.3. The smallest absolute Gasteiger partial charge is 0.744 e. The van der Waals surface area contributed by atoms with Crippen molar-refractivity contribution in [1.82, 2.24) is 0 Å². The molecule has 0 saturated heterocycles. The van der Waals surface area contributed by atoms with E-state index in [1.165, 1.54) is 12.1 Å². The number of carbonyl (C=O) groups excluding carboxylic acids is 1. The van der Waals surface area contributed by atoms with Crippen LogP contribution in [0.5, 0.6) is 28.7 Å². The van der Waals surface area contributed by atoms with Crippen LogP contribution in [0.3, 0.4) is 0 Å². The van der Waals surface area contributed by atoms with Crippen molar-refractivity contribution in [2.24, 2.45) is 10.2 Å². The van der Waals surface area contributed by atoms with Gasteiger partial charge in [-0.1, -0.05) is 24.3 Å². The number of carbonyl (C=O) groups is 1. The molecule has 0 aliphatic heterocycles. The summed E-state index contributed by atoms with van der Waals surface area (Å²) in [5.41, 5.74) is 0.245. The molecule has 5 aromatic carbocycles. The number of nitrogens with zero attached hydrogens (tertiary/aromatic N) is 2. The van der Waals surface area contributed by atoms with E-state index >= 15 is 0 Å². The van der Waals surface area contributed by atoms with Crippen LogP contribution in [-0.4, -0.2) is 51.1 Å². The number of anilines is 1. The second-order valence-corrected chi connectivity index (χ2v) is 12.0. The Labute approximate surface area is 327 Å². The van der Waals surface area contributed by atoms with Gasteiger partial charge in [-0.05, 0) is 66.4 Å². The molecule has 18 heteroatoms. The largest absolute Gasteiger partial charge is 1.00 e. The molecule has 0 bridgehead atoms. The summed E-state index contributed by atoms with van der Waals surface area (Å²) in [6.45, 7) is 3.31.